The molecule has 0 spiro atoms. The lowest BCUT2D eigenvalue weighted by Crippen LogP contribution is -2.13. The maximum absolute atomic E-state index is 12.5. The van der Waals surface area contributed by atoms with Crippen LogP contribution in [0.1, 0.15) is 17.0 Å². The standard InChI is InChI=1S/C16H14Cl3N3O2S2/c1-9-16(21-26(23,24)15-6-5-14(19)25-15)10(2)22(20-9)8-11-3-4-12(17)7-13(11)18/h3-7,21H,8H2,1-2H3. The molecule has 0 saturated heterocycles. The average molecular weight is 451 g/mol. The van der Waals surface area contributed by atoms with Crippen LogP contribution in [-0.2, 0) is 16.6 Å². The number of aromatic nitrogens is 2. The zero-order valence-electron chi connectivity index (χ0n) is 13.8. The Morgan fingerprint density at radius 3 is 2.50 bits per heavy atom. The molecule has 0 saturated carbocycles. The molecule has 0 aliphatic heterocycles. The van der Waals surface area contributed by atoms with Crippen LogP contribution in [0.3, 0.4) is 0 Å². The minimum atomic E-state index is -3.72. The Hall–Kier alpha value is -1.25. The highest BCUT2D eigenvalue weighted by molar-refractivity contribution is 7.94. The van der Waals surface area contributed by atoms with Gasteiger partial charge in [-0.3, -0.25) is 9.40 Å². The molecule has 26 heavy (non-hydrogen) atoms. The van der Waals surface area contributed by atoms with Crippen LogP contribution < -0.4 is 4.72 Å². The van der Waals surface area contributed by atoms with E-state index in [0.717, 1.165) is 16.9 Å². The molecule has 0 unspecified atom stereocenters. The van der Waals surface area contributed by atoms with Crippen molar-refractivity contribution in [2.75, 3.05) is 4.72 Å². The molecule has 1 aromatic carbocycles. The lowest BCUT2D eigenvalue weighted by Gasteiger charge is -2.09. The first-order valence-electron chi connectivity index (χ1n) is 7.43. The van der Waals surface area contributed by atoms with Gasteiger partial charge in [0.15, 0.2) is 0 Å². The van der Waals surface area contributed by atoms with Gasteiger partial charge in [0.25, 0.3) is 10.0 Å². The van der Waals surface area contributed by atoms with Crippen LogP contribution in [0, 0.1) is 13.8 Å². The zero-order chi connectivity index (χ0) is 19.1. The summed E-state index contributed by atoms with van der Waals surface area (Å²) in [5.41, 5.74) is 2.53. The molecule has 0 fully saturated rings. The van der Waals surface area contributed by atoms with E-state index in [4.69, 9.17) is 34.8 Å². The Kier molecular flexibility index (Phi) is 5.55. The largest absolute Gasteiger partial charge is 0.275 e. The molecule has 0 amide bonds. The summed E-state index contributed by atoms with van der Waals surface area (Å²) < 4.78 is 29.9. The minimum absolute atomic E-state index is 0.148. The summed E-state index contributed by atoms with van der Waals surface area (Å²) in [5.74, 6) is 0. The van der Waals surface area contributed by atoms with Gasteiger partial charge in [0.05, 0.1) is 28.0 Å². The number of halogens is 3. The first kappa shape index (κ1) is 19.5. The minimum Gasteiger partial charge on any atom is -0.275 e. The van der Waals surface area contributed by atoms with Crippen LogP contribution in [0.25, 0.3) is 0 Å². The molecule has 0 radical (unpaired) electrons. The van der Waals surface area contributed by atoms with Gasteiger partial charge in [-0.15, -0.1) is 11.3 Å². The monoisotopic (exact) mass is 449 g/mol. The molecular weight excluding hydrogens is 437 g/mol. The average Bonchev–Trinajstić information content (AvgIpc) is 3.10. The molecule has 5 nitrogen and oxygen atoms in total. The fourth-order valence-electron chi connectivity index (χ4n) is 2.44. The Labute approximate surface area is 170 Å². The van der Waals surface area contributed by atoms with Gasteiger partial charge in [0, 0.05) is 10.0 Å². The second-order valence-electron chi connectivity index (χ2n) is 5.60. The Balaban J connectivity index is 1.91. The summed E-state index contributed by atoms with van der Waals surface area (Å²) >= 11 is 19.0. The number of sulfonamides is 1. The van der Waals surface area contributed by atoms with Crippen molar-refractivity contribution >= 4 is 61.9 Å². The van der Waals surface area contributed by atoms with E-state index in [1.807, 2.05) is 6.07 Å². The van der Waals surface area contributed by atoms with Gasteiger partial charge in [0.2, 0.25) is 0 Å². The van der Waals surface area contributed by atoms with Crippen molar-refractivity contribution < 1.29 is 8.42 Å². The Bertz CT molecular complexity index is 1070. The Morgan fingerprint density at radius 1 is 1.15 bits per heavy atom. The molecule has 10 heteroatoms. The number of hydrogen-bond acceptors (Lipinski definition) is 4. The van der Waals surface area contributed by atoms with Gasteiger partial charge >= 0.3 is 0 Å². The number of nitrogens with one attached hydrogen (secondary N) is 1. The molecule has 0 bridgehead atoms. The van der Waals surface area contributed by atoms with Gasteiger partial charge in [-0.1, -0.05) is 40.9 Å². The fraction of sp³-hybridized carbons (Fsp3) is 0.188. The Morgan fingerprint density at radius 2 is 1.88 bits per heavy atom. The van der Waals surface area contributed by atoms with Crippen molar-refractivity contribution in [3.63, 3.8) is 0 Å². The van der Waals surface area contributed by atoms with Gasteiger partial charge < -0.3 is 0 Å². The predicted molar refractivity (Wildman–Crippen MR) is 107 cm³/mol. The molecule has 0 aliphatic carbocycles. The van der Waals surface area contributed by atoms with E-state index in [-0.39, 0.29) is 4.21 Å². The number of thiophene rings is 1. The molecule has 3 aromatic rings. The highest BCUT2D eigenvalue weighted by atomic mass is 35.5. The predicted octanol–water partition coefficient (Wildman–Crippen LogP) is 5.37. The van der Waals surface area contributed by atoms with Crippen molar-refractivity contribution in [3.8, 4) is 0 Å². The van der Waals surface area contributed by atoms with Crippen molar-refractivity contribution in [2.24, 2.45) is 0 Å². The first-order valence-corrected chi connectivity index (χ1v) is 10.9. The summed E-state index contributed by atoms with van der Waals surface area (Å²) in [5, 5.41) is 5.51. The smallest absolute Gasteiger partial charge is 0.271 e. The van der Waals surface area contributed by atoms with Crippen LogP contribution >= 0.6 is 46.1 Å². The molecule has 2 aromatic heterocycles. The zero-order valence-corrected chi connectivity index (χ0v) is 17.7. The number of hydrogen-bond donors (Lipinski definition) is 1. The van der Waals surface area contributed by atoms with Crippen LogP contribution in [-0.4, -0.2) is 18.2 Å². The second kappa shape index (κ2) is 7.40. The van der Waals surface area contributed by atoms with Crippen LogP contribution in [0.2, 0.25) is 14.4 Å². The van der Waals surface area contributed by atoms with Gasteiger partial charge in [-0.2, -0.15) is 5.10 Å². The molecule has 1 N–H and O–H groups in total. The third kappa shape index (κ3) is 4.02. The van der Waals surface area contributed by atoms with E-state index in [9.17, 15) is 8.42 Å². The highest BCUT2D eigenvalue weighted by Gasteiger charge is 2.21. The van der Waals surface area contributed by atoms with E-state index >= 15 is 0 Å². The van der Waals surface area contributed by atoms with E-state index in [1.54, 1.807) is 36.7 Å². The topological polar surface area (TPSA) is 64.0 Å². The van der Waals surface area contributed by atoms with Crippen LogP contribution in [0.5, 0.6) is 0 Å². The second-order valence-corrected chi connectivity index (χ2v) is 10.1. The van der Waals surface area contributed by atoms with E-state index < -0.39 is 10.0 Å². The fourth-order valence-corrected chi connectivity index (χ4v) is 5.56. The third-order valence-electron chi connectivity index (χ3n) is 3.77. The van der Waals surface area contributed by atoms with Crippen molar-refractivity contribution in [1.29, 1.82) is 0 Å². The van der Waals surface area contributed by atoms with E-state index in [1.165, 1.54) is 6.07 Å². The number of rotatable bonds is 5. The maximum Gasteiger partial charge on any atom is 0.271 e. The number of benzene rings is 1. The summed E-state index contributed by atoms with van der Waals surface area (Å²) in [7, 11) is -3.72. The normalized spacial score (nSPS) is 11.7. The molecule has 0 aliphatic rings. The molecule has 0 atom stereocenters. The van der Waals surface area contributed by atoms with Gasteiger partial charge in [0.1, 0.15) is 4.21 Å². The summed E-state index contributed by atoms with van der Waals surface area (Å²) in [6.45, 7) is 3.94. The quantitative estimate of drug-likeness (QED) is 0.568. The van der Waals surface area contributed by atoms with Crippen LogP contribution in [0.15, 0.2) is 34.5 Å². The summed E-state index contributed by atoms with van der Waals surface area (Å²) in [6.07, 6.45) is 0. The molecule has 3 rings (SSSR count). The maximum atomic E-state index is 12.5. The summed E-state index contributed by atoms with van der Waals surface area (Å²) in [4.78, 5) is 0. The van der Waals surface area contributed by atoms with E-state index in [2.05, 4.69) is 9.82 Å². The number of aryl methyl sites for hydroxylation is 1. The van der Waals surface area contributed by atoms with Crippen molar-refractivity contribution in [1.82, 2.24) is 9.78 Å². The molecule has 138 valence electrons. The number of nitrogens with zero attached hydrogens (tertiary/aromatic N) is 2. The SMILES string of the molecule is Cc1nn(Cc2ccc(Cl)cc2Cl)c(C)c1NS(=O)(=O)c1ccc(Cl)s1. The van der Waals surface area contributed by atoms with Crippen LogP contribution in [0.4, 0.5) is 5.69 Å². The van der Waals surface area contributed by atoms with Crippen molar-refractivity contribution in [3.05, 3.63) is 61.7 Å². The first-order chi connectivity index (χ1) is 12.2. The summed E-state index contributed by atoms with van der Waals surface area (Å²) in [6, 6.07) is 8.25. The highest BCUT2D eigenvalue weighted by Crippen LogP contribution is 2.30. The molecular formula is C16H14Cl3N3O2S2. The van der Waals surface area contributed by atoms with E-state index in [0.29, 0.717) is 38.0 Å². The van der Waals surface area contributed by atoms with Gasteiger partial charge in [-0.25, -0.2) is 8.42 Å². The molecule has 2 heterocycles. The lowest BCUT2D eigenvalue weighted by molar-refractivity contribution is 0.603. The van der Waals surface area contributed by atoms with Gasteiger partial charge in [-0.05, 0) is 43.7 Å². The lowest BCUT2D eigenvalue weighted by atomic mass is 10.2. The third-order valence-corrected chi connectivity index (χ3v) is 7.43. The van der Waals surface area contributed by atoms with Crippen molar-refractivity contribution in [2.45, 2.75) is 24.6 Å². The number of anilines is 1.